The van der Waals surface area contributed by atoms with Gasteiger partial charge in [0.2, 0.25) is 5.91 Å². The van der Waals surface area contributed by atoms with Crippen LogP contribution in [0.4, 0.5) is 10.5 Å². The van der Waals surface area contributed by atoms with E-state index in [0.717, 1.165) is 24.9 Å². The molecule has 2 heterocycles. The number of hydrogen-bond donors (Lipinski definition) is 1. The van der Waals surface area contributed by atoms with Crippen LogP contribution in [0.25, 0.3) is 0 Å². The van der Waals surface area contributed by atoms with Gasteiger partial charge >= 0.3 is 6.09 Å². The molecule has 1 aromatic heterocycles. The predicted molar refractivity (Wildman–Crippen MR) is 108 cm³/mol. The van der Waals surface area contributed by atoms with Crippen LogP contribution < -0.4 is 5.32 Å². The van der Waals surface area contributed by atoms with Crippen molar-refractivity contribution in [2.75, 3.05) is 11.9 Å². The average Bonchev–Trinajstić information content (AvgIpc) is 3.25. The van der Waals surface area contributed by atoms with E-state index in [2.05, 4.69) is 22.1 Å². The first kappa shape index (κ1) is 19.4. The van der Waals surface area contributed by atoms with E-state index in [1.165, 1.54) is 5.56 Å². The van der Waals surface area contributed by atoms with Gasteiger partial charge in [-0.15, -0.1) is 0 Å². The Morgan fingerprint density at radius 3 is 2.59 bits per heavy atom. The molecule has 0 saturated carbocycles. The predicted octanol–water partition coefficient (Wildman–Crippen LogP) is 5.00. The number of likely N-dealkylation sites (tertiary alicyclic amines) is 1. The Morgan fingerprint density at radius 2 is 1.96 bits per heavy atom. The summed E-state index contributed by atoms with van der Waals surface area (Å²) in [5.74, 6) is 0.150. The first-order valence-electron chi connectivity index (χ1n) is 9.22. The van der Waals surface area contributed by atoms with Crippen LogP contribution in [-0.2, 0) is 16.0 Å². The molecule has 0 unspecified atom stereocenters. The van der Waals surface area contributed by atoms with Gasteiger partial charge in [-0.1, -0.05) is 12.1 Å². The van der Waals surface area contributed by atoms with E-state index in [-0.39, 0.29) is 11.9 Å². The van der Waals surface area contributed by atoms with Crippen molar-refractivity contribution in [3.63, 3.8) is 0 Å². The molecule has 1 aliphatic heterocycles. The van der Waals surface area contributed by atoms with Gasteiger partial charge in [-0.3, -0.25) is 10.1 Å². The topological polar surface area (TPSA) is 58.6 Å². The van der Waals surface area contributed by atoms with E-state index in [1.807, 2.05) is 37.8 Å². The smallest absolute Gasteiger partial charge is 0.412 e. The summed E-state index contributed by atoms with van der Waals surface area (Å²) in [6.07, 6.45) is 1.96. The fourth-order valence-corrected chi connectivity index (χ4v) is 3.99. The van der Waals surface area contributed by atoms with Crippen molar-refractivity contribution in [1.82, 2.24) is 4.90 Å². The fraction of sp³-hybridized carbons (Fsp3) is 0.429. The molecule has 27 heavy (non-hydrogen) atoms. The maximum absolute atomic E-state index is 12.8. The van der Waals surface area contributed by atoms with Crippen LogP contribution in [0.5, 0.6) is 0 Å². The molecular formula is C21H26N2O3S. The molecular weight excluding hydrogens is 360 g/mol. The lowest BCUT2D eigenvalue weighted by Crippen LogP contribution is -2.31. The standard InChI is InChI=1S/C21H26N2O3S/c1-21(2,3)26-20(25)22-17-8-6-15(7-9-17)13-19(24)23-11-4-5-18(23)16-10-12-27-14-16/h6-10,12,14,18H,4-5,11,13H2,1-3H3,(H,22,25)/t18-/m0/s1. The maximum atomic E-state index is 12.8. The fourth-order valence-electron chi connectivity index (χ4n) is 3.28. The van der Waals surface area contributed by atoms with Crippen LogP contribution in [0.15, 0.2) is 41.1 Å². The minimum absolute atomic E-state index is 0.150. The Labute approximate surface area is 164 Å². The number of ether oxygens (including phenoxy) is 1. The molecule has 1 fully saturated rings. The summed E-state index contributed by atoms with van der Waals surface area (Å²) < 4.78 is 5.24. The number of carbonyl (C=O) groups is 2. The van der Waals surface area contributed by atoms with E-state index in [1.54, 1.807) is 23.5 Å². The Morgan fingerprint density at radius 1 is 1.22 bits per heavy atom. The molecule has 1 saturated heterocycles. The largest absolute Gasteiger partial charge is 0.444 e. The molecule has 1 aliphatic rings. The minimum atomic E-state index is -0.537. The van der Waals surface area contributed by atoms with Gasteiger partial charge in [0.15, 0.2) is 0 Å². The Balaban J connectivity index is 1.58. The number of anilines is 1. The van der Waals surface area contributed by atoms with Gasteiger partial charge in [0.1, 0.15) is 5.60 Å². The van der Waals surface area contributed by atoms with E-state index in [9.17, 15) is 9.59 Å². The summed E-state index contributed by atoms with van der Waals surface area (Å²) in [4.78, 5) is 26.6. The number of nitrogens with zero attached hydrogens (tertiary/aromatic N) is 1. The van der Waals surface area contributed by atoms with Crippen molar-refractivity contribution in [1.29, 1.82) is 0 Å². The van der Waals surface area contributed by atoms with Crippen LogP contribution in [0.2, 0.25) is 0 Å². The second kappa shape index (κ2) is 8.13. The third-order valence-electron chi connectivity index (χ3n) is 4.46. The molecule has 6 heteroatoms. The summed E-state index contributed by atoms with van der Waals surface area (Å²) >= 11 is 1.67. The second-order valence-electron chi connectivity index (χ2n) is 7.80. The van der Waals surface area contributed by atoms with Crippen molar-refractivity contribution >= 4 is 29.0 Å². The molecule has 0 aliphatic carbocycles. The highest BCUT2D eigenvalue weighted by Crippen LogP contribution is 2.33. The molecule has 2 aromatic rings. The number of hydrogen-bond acceptors (Lipinski definition) is 4. The molecule has 0 radical (unpaired) electrons. The SMILES string of the molecule is CC(C)(C)OC(=O)Nc1ccc(CC(=O)N2CCC[C@H]2c2ccsc2)cc1. The van der Waals surface area contributed by atoms with Crippen LogP contribution in [0.1, 0.15) is 50.8 Å². The van der Waals surface area contributed by atoms with E-state index >= 15 is 0 Å². The van der Waals surface area contributed by atoms with Crippen LogP contribution >= 0.6 is 11.3 Å². The van der Waals surface area contributed by atoms with Crippen molar-refractivity contribution < 1.29 is 14.3 Å². The first-order chi connectivity index (χ1) is 12.8. The Hall–Kier alpha value is -2.34. The summed E-state index contributed by atoms with van der Waals surface area (Å²) in [5, 5.41) is 6.90. The van der Waals surface area contributed by atoms with Gasteiger partial charge in [0, 0.05) is 12.2 Å². The number of amides is 2. The molecule has 3 rings (SSSR count). The third-order valence-corrected chi connectivity index (χ3v) is 5.16. The van der Waals surface area contributed by atoms with Gasteiger partial charge in [-0.25, -0.2) is 4.79 Å². The lowest BCUT2D eigenvalue weighted by atomic mass is 10.1. The summed E-state index contributed by atoms with van der Waals surface area (Å²) in [7, 11) is 0. The van der Waals surface area contributed by atoms with E-state index in [4.69, 9.17) is 4.74 Å². The number of carbonyl (C=O) groups excluding carboxylic acids is 2. The number of nitrogens with one attached hydrogen (secondary N) is 1. The molecule has 5 nitrogen and oxygen atoms in total. The molecule has 144 valence electrons. The molecule has 2 amide bonds. The van der Waals surface area contributed by atoms with Crippen molar-refractivity contribution in [3.05, 3.63) is 52.2 Å². The molecule has 0 bridgehead atoms. The highest BCUT2D eigenvalue weighted by molar-refractivity contribution is 7.08. The average molecular weight is 387 g/mol. The maximum Gasteiger partial charge on any atom is 0.412 e. The first-order valence-corrected chi connectivity index (χ1v) is 10.2. The normalized spacial score (nSPS) is 17.0. The Kier molecular flexibility index (Phi) is 5.85. The summed E-state index contributed by atoms with van der Waals surface area (Å²) in [6.45, 7) is 6.28. The van der Waals surface area contributed by atoms with Gasteiger partial charge in [0.05, 0.1) is 12.5 Å². The van der Waals surface area contributed by atoms with Crippen molar-refractivity contribution in [2.45, 2.75) is 51.7 Å². The van der Waals surface area contributed by atoms with Gasteiger partial charge < -0.3 is 9.64 Å². The van der Waals surface area contributed by atoms with Crippen LogP contribution in [-0.4, -0.2) is 29.0 Å². The zero-order valence-corrected chi connectivity index (χ0v) is 16.8. The summed E-state index contributed by atoms with van der Waals surface area (Å²) in [6, 6.07) is 9.66. The minimum Gasteiger partial charge on any atom is -0.444 e. The molecule has 1 atom stereocenters. The quantitative estimate of drug-likeness (QED) is 0.804. The Bertz CT molecular complexity index is 779. The van der Waals surface area contributed by atoms with E-state index in [0.29, 0.717) is 12.1 Å². The van der Waals surface area contributed by atoms with Crippen molar-refractivity contribution in [3.8, 4) is 0 Å². The zero-order valence-electron chi connectivity index (χ0n) is 16.0. The van der Waals surface area contributed by atoms with Gasteiger partial charge in [-0.05, 0) is 73.7 Å². The van der Waals surface area contributed by atoms with Gasteiger partial charge in [-0.2, -0.15) is 11.3 Å². The lowest BCUT2D eigenvalue weighted by Gasteiger charge is -2.24. The third kappa shape index (κ3) is 5.32. The summed E-state index contributed by atoms with van der Waals surface area (Å²) in [5.41, 5.74) is 2.29. The highest BCUT2D eigenvalue weighted by atomic mass is 32.1. The van der Waals surface area contributed by atoms with Crippen LogP contribution in [0, 0.1) is 0 Å². The van der Waals surface area contributed by atoms with Crippen LogP contribution in [0.3, 0.4) is 0 Å². The van der Waals surface area contributed by atoms with Gasteiger partial charge in [0.25, 0.3) is 0 Å². The number of thiophene rings is 1. The molecule has 1 aromatic carbocycles. The lowest BCUT2D eigenvalue weighted by molar-refractivity contribution is -0.131. The molecule has 0 spiro atoms. The highest BCUT2D eigenvalue weighted by Gasteiger charge is 2.29. The molecule has 1 N–H and O–H groups in total. The number of benzene rings is 1. The zero-order chi connectivity index (χ0) is 19.4. The number of rotatable bonds is 4. The van der Waals surface area contributed by atoms with E-state index < -0.39 is 11.7 Å². The monoisotopic (exact) mass is 386 g/mol. The second-order valence-corrected chi connectivity index (χ2v) is 8.58. The van der Waals surface area contributed by atoms with Crippen molar-refractivity contribution in [2.24, 2.45) is 0 Å².